The Morgan fingerprint density at radius 1 is 1.18 bits per heavy atom. The van der Waals surface area contributed by atoms with Crippen molar-refractivity contribution in [3.63, 3.8) is 0 Å². The topological polar surface area (TPSA) is 45.4 Å². The molecule has 0 saturated carbocycles. The summed E-state index contributed by atoms with van der Waals surface area (Å²) in [6.45, 7) is 9.36. The smallest absolute Gasteiger partial charge is 0.328 e. The average molecular weight is 242 g/mol. The minimum atomic E-state index is -0.356. The Hall–Kier alpha value is -1.07. The van der Waals surface area contributed by atoms with Crippen molar-refractivity contribution in [2.75, 3.05) is 13.2 Å². The molecule has 0 aliphatic rings. The van der Waals surface area contributed by atoms with Gasteiger partial charge in [0.05, 0.1) is 6.54 Å². The van der Waals surface area contributed by atoms with Crippen LogP contribution in [-0.2, 0) is 16.0 Å². The van der Waals surface area contributed by atoms with E-state index in [1.54, 1.807) is 21.5 Å². The van der Waals surface area contributed by atoms with Crippen molar-refractivity contribution < 1.29 is 9.47 Å². The number of hydrogen-bond acceptors (Lipinski definition) is 3. The molecule has 0 aromatic carbocycles. The lowest BCUT2D eigenvalue weighted by Gasteiger charge is -2.16. The molecule has 0 fully saturated rings. The molecule has 1 aromatic heterocycles. The Morgan fingerprint density at radius 3 is 2.18 bits per heavy atom. The summed E-state index contributed by atoms with van der Waals surface area (Å²) < 4.78 is 14.2. The normalized spacial score (nSPS) is 11.6. The first-order valence-electron chi connectivity index (χ1n) is 6.10. The third-order valence-electron chi connectivity index (χ3n) is 2.48. The summed E-state index contributed by atoms with van der Waals surface area (Å²) in [7, 11) is 0. The zero-order chi connectivity index (χ0) is 12.8. The first-order valence-corrected chi connectivity index (χ1v) is 6.10. The molecule has 0 saturated heterocycles. The van der Waals surface area contributed by atoms with Gasteiger partial charge in [0.15, 0.2) is 6.29 Å². The van der Waals surface area contributed by atoms with Crippen LogP contribution in [0.1, 0.15) is 33.7 Å². The van der Waals surface area contributed by atoms with E-state index in [-0.39, 0.29) is 18.0 Å². The van der Waals surface area contributed by atoms with Crippen LogP contribution in [0, 0.1) is 0 Å². The molecule has 17 heavy (non-hydrogen) atoms. The van der Waals surface area contributed by atoms with Gasteiger partial charge in [0.1, 0.15) is 0 Å². The number of aromatic nitrogens is 2. The number of imidazole rings is 1. The van der Waals surface area contributed by atoms with Gasteiger partial charge in [-0.2, -0.15) is 0 Å². The Kier molecular flexibility index (Phi) is 5.44. The second-order valence-corrected chi connectivity index (χ2v) is 4.07. The van der Waals surface area contributed by atoms with Crippen LogP contribution in [0.25, 0.3) is 0 Å². The maximum atomic E-state index is 12.0. The minimum absolute atomic E-state index is 0.0237. The van der Waals surface area contributed by atoms with Crippen molar-refractivity contribution in [1.29, 1.82) is 0 Å². The molecular weight excluding hydrogens is 220 g/mol. The van der Waals surface area contributed by atoms with Crippen molar-refractivity contribution in [3.05, 3.63) is 22.9 Å². The van der Waals surface area contributed by atoms with Crippen LogP contribution in [0.3, 0.4) is 0 Å². The lowest BCUT2D eigenvalue weighted by molar-refractivity contribution is -0.143. The monoisotopic (exact) mass is 242 g/mol. The molecule has 98 valence electrons. The van der Waals surface area contributed by atoms with Crippen molar-refractivity contribution in [2.24, 2.45) is 0 Å². The third kappa shape index (κ3) is 3.71. The van der Waals surface area contributed by atoms with E-state index in [1.807, 2.05) is 27.7 Å². The largest absolute Gasteiger partial charge is 0.351 e. The highest BCUT2D eigenvalue weighted by Gasteiger charge is 2.12. The second-order valence-electron chi connectivity index (χ2n) is 4.07. The van der Waals surface area contributed by atoms with Crippen LogP contribution in [0.5, 0.6) is 0 Å². The maximum absolute atomic E-state index is 12.0. The van der Waals surface area contributed by atoms with E-state index in [4.69, 9.17) is 9.47 Å². The fraction of sp³-hybridized carbons (Fsp3) is 0.750. The highest BCUT2D eigenvalue weighted by atomic mass is 16.7. The molecule has 5 nitrogen and oxygen atoms in total. The van der Waals surface area contributed by atoms with Gasteiger partial charge in [0.25, 0.3) is 0 Å². The molecule has 1 rings (SSSR count). The molecule has 0 bridgehead atoms. The van der Waals surface area contributed by atoms with Gasteiger partial charge < -0.3 is 9.47 Å². The van der Waals surface area contributed by atoms with Gasteiger partial charge in [-0.25, -0.2) is 4.79 Å². The van der Waals surface area contributed by atoms with E-state index in [2.05, 4.69) is 0 Å². The van der Waals surface area contributed by atoms with Gasteiger partial charge in [-0.1, -0.05) is 0 Å². The molecule has 0 spiro atoms. The number of hydrogen-bond donors (Lipinski definition) is 0. The predicted molar refractivity (Wildman–Crippen MR) is 66.1 cm³/mol. The van der Waals surface area contributed by atoms with Crippen LogP contribution in [0.15, 0.2) is 17.2 Å². The SMILES string of the molecule is CCOC(Cn1ccn(C(C)C)c1=O)OCC. The standard InChI is InChI=1S/C12H22N2O3/c1-5-16-11(17-6-2)9-13-7-8-14(10(3)4)12(13)15/h7-8,10-11H,5-6,9H2,1-4H3. The van der Waals surface area contributed by atoms with Crippen molar-refractivity contribution in [3.8, 4) is 0 Å². The van der Waals surface area contributed by atoms with Gasteiger partial charge in [-0.3, -0.25) is 9.13 Å². The average Bonchev–Trinajstić information content (AvgIpc) is 2.61. The van der Waals surface area contributed by atoms with Crippen molar-refractivity contribution in [1.82, 2.24) is 9.13 Å². The van der Waals surface area contributed by atoms with Gasteiger partial charge in [-0.15, -0.1) is 0 Å². The fourth-order valence-corrected chi connectivity index (χ4v) is 1.65. The number of nitrogens with zero attached hydrogens (tertiary/aromatic N) is 2. The highest BCUT2D eigenvalue weighted by molar-refractivity contribution is 4.84. The summed E-state index contributed by atoms with van der Waals surface area (Å²) in [5.74, 6) is 0. The first-order chi connectivity index (χ1) is 8.10. The van der Waals surface area contributed by atoms with Gasteiger partial charge in [0, 0.05) is 31.6 Å². The van der Waals surface area contributed by atoms with E-state index in [9.17, 15) is 4.79 Å². The summed E-state index contributed by atoms with van der Waals surface area (Å²) >= 11 is 0. The van der Waals surface area contributed by atoms with E-state index in [0.717, 1.165) is 0 Å². The molecule has 0 amide bonds. The summed E-state index contributed by atoms with van der Waals surface area (Å²) in [5.41, 5.74) is -0.0237. The quantitative estimate of drug-likeness (QED) is 0.683. The summed E-state index contributed by atoms with van der Waals surface area (Å²) in [6, 6.07) is 0.168. The summed E-state index contributed by atoms with van der Waals surface area (Å²) in [4.78, 5) is 12.0. The number of rotatable bonds is 7. The Labute approximate surface area is 102 Å². The van der Waals surface area contributed by atoms with Crippen LogP contribution < -0.4 is 5.69 Å². The van der Waals surface area contributed by atoms with Gasteiger partial charge in [0.2, 0.25) is 0 Å². The minimum Gasteiger partial charge on any atom is -0.351 e. The molecule has 0 N–H and O–H groups in total. The Morgan fingerprint density at radius 2 is 1.76 bits per heavy atom. The van der Waals surface area contributed by atoms with Gasteiger partial charge >= 0.3 is 5.69 Å². The molecule has 1 aromatic rings. The number of ether oxygens (including phenoxy) is 2. The zero-order valence-electron chi connectivity index (χ0n) is 11.0. The molecule has 0 radical (unpaired) electrons. The third-order valence-corrected chi connectivity index (χ3v) is 2.48. The first kappa shape index (κ1) is 14.0. The zero-order valence-corrected chi connectivity index (χ0v) is 11.0. The van der Waals surface area contributed by atoms with Crippen molar-refractivity contribution in [2.45, 2.75) is 46.6 Å². The molecule has 5 heteroatoms. The van der Waals surface area contributed by atoms with Crippen LogP contribution in [0.4, 0.5) is 0 Å². The lowest BCUT2D eigenvalue weighted by atomic mass is 10.4. The molecular formula is C12H22N2O3. The molecule has 0 atom stereocenters. The Balaban J connectivity index is 2.75. The highest BCUT2D eigenvalue weighted by Crippen LogP contribution is 2.02. The maximum Gasteiger partial charge on any atom is 0.328 e. The van der Waals surface area contributed by atoms with E-state index in [0.29, 0.717) is 19.8 Å². The van der Waals surface area contributed by atoms with E-state index < -0.39 is 0 Å². The molecule has 0 aliphatic heterocycles. The van der Waals surface area contributed by atoms with Crippen LogP contribution >= 0.6 is 0 Å². The molecule has 1 heterocycles. The van der Waals surface area contributed by atoms with E-state index >= 15 is 0 Å². The lowest BCUT2D eigenvalue weighted by Crippen LogP contribution is -2.31. The Bertz CT molecular complexity index is 375. The summed E-state index contributed by atoms with van der Waals surface area (Å²) in [5, 5.41) is 0. The molecule has 0 unspecified atom stereocenters. The van der Waals surface area contributed by atoms with Crippen LogP contribution in [-0.4, -0.2) is 28.6 Å². The van der Waals surface area contributed by atoms with Crippen molar-refractivity contribution >= 4 is 0 Å². The second kappa shape index (κ2) is 6.61. The summed E-state index contributed by atoms with van der Waals surface area (Å²) in [6.07, 6.45) is 3.21. The van der Waals surface area contributed by atoms with Gasteiger partial charge in [-0.05, 0) is 27.7 Å². The fourth-order valence-electron chi connectivity index (χ4n) is 1.65. The van der Waals surface area contributed by atoms with E-state index in [1.165, 1.54) is 0 Å². The molecule has 0 aliphatic carbocycles. The van der Waals surface area contributed by atoms with Crippen LogP contribution in [0.2, 0.25) is 0 Å². The predicted octanol–water partition coefficient (Wildman–Crippen LogP) is 1.63.